The lowest BCUT2D eigenvalue weighted by atomic mass is 9.46. The maximum atomic E-state index is 11.8. The van der Waals surface area contributed by atoms with Crippen LogP contribution in [0.15, 0.2) is 0 Å². The Morgan fingerprint density at radius 1 is 0.950 bits per heavy atom. The summed E-state index contributed by atoms with van der Waals surface area (Å²) in [5, 5.41) is 0. The summed E-state index contributed by atoms with van der Waals surface area (Å²) in [6.45, 7) is 6.73. The molecular weight excluding hydrogens is 246 g/mol. The molecule has 0 aromatic heterocycles. The number of nitroso groups, excluding NO2 is 1. The summed E-state index contributed by atoms with van der Waals surface area (Å²) in [6, 6.07) is 0. The number of piperidine rings is 1. The van der Waals surface area contributed by atoms with Gasteiger partial charge in [0.1, 0.15) is 0 Å². The average molecular weight is 276 g/mol. The summed E-state index contributed by atoms with van der Waals surface area (Å²) in [5.74, 6) is 3.59. The minimum Gasteiger partial charge on any atom is -0.0594 e. The summed E-state index contributed by atoms with van der Waals surface area (Å²) in [6.07, 6.45) is 11.2. The van der Waals surface area contributed by atoms with Crippen LogP contribution in [0.5, 0.6) is 0 Å². The van der Waals surface area contributed by atoms with Crippen molar-refractivity contribution in [1.29, 1.82) is 0 Å². The highest BCUT2D eigenvalue weighted by Crippen LogP contribution is 2.64. The summed E-state index contributed by atoms with van der Waals surface area (Å²) in [7, 11) is 0. The van der Waals surface area contributed by atoms with Crippen LogP contribution in [-0.2, 0) is 0 Å². The molecule has 3 aliphatic carbocycles. The van der Waals surface area contributed by atoms with Crippen molar-refractivity contribution in [1.82, 2.24) is 0 Å². The second-order valence-electron chi connectivity index (χ2n) is 8.88. The molecule has 0 aromatic rings. The maximum Gasteiger partial charge on any atom is 0.195 e. The Balaban J connectivity index is 1.64. The van der Waals surface area contributed by atoms with E-state index in [1.165, 1.54) is 49.7 Å². The number of rotatable bonds is 0. The lowest BCUT2D eigenvalue weighted by Gasteiger charge is -2.58. The zero-order valence-electron chi connectivity index (χ0n) is 13.2. The Kier molecular flexibility index (Phi) is 2.86. The van der Waals surface area contributed by atoms with Gasteiger partial charge in [-0.3, -0.25) is 0 Å². The quantitative estimate of drug-likeness (QED) is 0.600. The van der Waals surface area contributed by atoms with Gasteiger partial charge in [-0.25, -0.2) is 0 Å². The Bertz CT molecular complexity index is 433. The predicted molar refractivity (Wildman–Crippen MR) is 80.5 cm³/mol. The molecule has 112 valence electrons. The first-order valence-electron chi connectivity index (χ1n) is 8.95. The van der Waals surface area contributed by atoms with Gasteiger partial charge in [0.2, 0.25) is 0 Å². The SMILES string of the molecule is C[C@@]12CCC[C@H]1[C@@H]1CCC3C[N+](=O)CC[C@]3(C)[C@H]1CC2. The fourth-order valence-corrected chi connectivity index (χ4v) is 6.92. The zero-order valence-corrected chi connectivity index (χ0v) is 13.2. The van der Waals surface area contributed by atoms with Crippen molar-refractivity contribution in [2.45, 2.75) is 65.2 Å². The lowest BCUT2D eigenvalue weighted by Crippen LogP contribution is -2.55. The molecule has 6 atom stereocenters. The van der Waals surface area contributed by atoms with Gasteiger partial charge in [0.05, 0.1) is 0 Å². The molecule has 1 unspecified atom stereocenters. The van der Waals surface area contributed by atoms with Gasteiger partial charge in [-0.1, -0.05) is 20.3 Å². The maximum absolute atomic E-state index is 11.8. The molecule has 1 aliphatic heterocycles. The molecule has 3 saturated carbocycles. The van der Waals surface area contributed by atoms with Gasteiger partial charge in [0, 0.05) is 17.2 Å². The highest BCUT2D eigenvalue weighted by atomic mass is 16.3. The fraction of sp³-hybridized carbons (Fsp3) is 1.00. The van der Waals surface area contributed by atoms with E-state index >= 15 is 0 Å². The smallest absolute Gasteiger partial charge is 0.0594 e. The van der Waals surface area contributed by atoms with Gasteiger partial charge < -0.3 is 0 Å². The summed E-state index contributed by atoms with van der Waals surface area (Å²) in [5.41, 5.74) is 1.15. The molecule has 20 heavy (non-hydrogen) atoms. The first-order valence-corrected chi connectivity index (χ1v) is 8.95. The normalized spacial score (nSPS) is 55.0. The van der Waals surface area contributed by atoms with Crippen LogP contribution in [0.25, 0.3) is 0 Å². The van der Waals surface area contributed by atoms with E-state index in [2.05, 4.69) is 13.8 Å². The van der Waals surface area contributed by atoms with Crippen LogP contribution in [0, 0.1) is 39.4 Å². The Morgan fingerprint density at radius 3 is 2.65 bits per heavy atom. The number of hydrogen-bond acceptors (Lipinski definition) is 1. The summed E-state index contributed by atoms with van der Waals surface area (Å²) < 4.78 is 1.34. The third-order valence-electron chi connectivity index (χ3n) is 8.17. The predicted octanol–water partition coefficient (Wildman–Crippen LogP) is 4.42. The van der Waals surface area contributed by atoms with Gasteiger partial charge in [0.15, 0.2) is 13.1 Å². The van der Waals surface area contributed by atoms with E-state index < -0.39 is 0 Å². The average Bonchev–Trinajstić information content (AvgIpc) is 2.81. The van der Waals surface area contributed by atoms with Crippen molar-refractivity contribution in [2.75, 3.05) is 13.1 Å². The minimum absolute atomic E-state index is 0.480. The van der Waals surface area contributed by atoms with Gasteiger partial charge in [-0.15, -0.1) is 0 Å². The van der Waals surface area contributed by atoms with Gasteiger partial charge in [0.25, 0.3) is 0 Å². The highest BCUT2D eigenvalue weighted by molar-refractivity contribution is 5.06. The van der Waals surface area contributed by atoms with Crippen LogP contribution < -0.4 is 0 Å². The van der Waals surface area contributed by atoms with Crippen LogP contribution in [-0.4, -0.2) is 17.8 Å². The molecule has 4 aliphatic rings. The highest BCUT2D eigenvalue weighted by Gasteiger charge is 2.59. The van der Waals surface area contributed by atoms with E-state index in [1.807, 2.05) is 0 Å². The Morgan fingerprint density at radius 2 is 1.80 bits per heavy atom. The van der Waals surface area contributed by atoms with Crippen LogP contribution in [0.2, 0.25) is 0 Å². The molecule has 2 nitrogen and oxygen atoms in total. The third-order valence-corrected chi connectivity index (χ3v) is 8.17. The van der Waals surface area contributed by atoms with E-state index in [-0.39, 0.29) is 0 Å². The van der Waals surface area contributed by atoms with Crippen LogP contribution in [0.4, 0.5) is 0 Å². The van der Waals surface area contributed by atoms with Crippen molar-refractivity contribution < 1.29 is 4.76 Å². The molecule has 0 N–H and O–H groups in total. The van der Waals surface area contributed by atoms with Crippen molar-refractivity contribution in [3.63, 3.8) is 0 Å². The van der Waals surface area contributed by atoms with E-state index in [0.717, 1.165) is 37.3 Å². The van der Waals surface area contributed by atoms with E-state index in [1.54, 1.807) is 0 Å². The molecule has 0 radical (unpaired) electrons. The monoisotopic (exact) mass is 276 g/mol. The zero-order chi connectivity index (χ0) is 14.0. The molecule has 2 heteroatoms. The molecular formula is C18H30NO+. The summed E-state index contributed by atoms with van der Waals surface area (Å²) in [4.78, 5) is 11.8. The largest absolute Gasteiger partial charge is 0.195 e. The molecule has 0 amide bonds. The number of hydrogen-bond donors (Lipinski definition) is 0. The molecule has 0 spiro atoms. The van der Waals surface area contributed by atoms with Gasteiger partial charge in [-0.2, -0.15) is 0 Å². The Labute approximate surface area is 123 Å². The van der Waals surface area contributed by atoms with Gasteiger partial charge >= 0.3 is 0 Å². The standard InChI is InChI=1S/C18H30NO/c1-17-8-3-4-15(17)14-6-5-13-12-19(20)11-10-18(13,2)16(14)7-9-17/h13-16H,3-12H2,1-2H3/q+1/t13?,14-,15-,16-,17-,18-/m0/s1. The third kappa shape index (κ3) is 1.69. The van der Waals surface area contributed by atoms with Gasteiger partial charge in [-0.05, 0) is 71.9 Å². The first-order chi connectivity index (χ1) is 9.53. The second-order valence-corrected chi connectivity index (χ2v) is 8.88. The van der Waals surface area contributed by atoms with Crippen molar-refractivity contribution >= 4 is 0 Å². The number of nitrogens with zero attached hydrogens (tertiary/aromatic N) is 1. The molecule has 4 fully saturated rings. The topological polar surface area (TPSA) is 20.1 Å². The fourth-order valence-electron chi connectivity index (χ4n) is 6.92. The van der Waals surface area contributed by atoms with Crippen LogP contribution in [0.1, 0.15) is 65.2 Å². The molecule has 0 bridgehead atoms. The minimum atomic E-state index is 0.480. The van der Waals surface area contributed by atoms with Crippen molar-refractivity contribution in [2.24, 2.45) is 34.5 Å². The molecule has 4 rings (SSSR count). The molecule has 1 saturated heterocycles. The van der Waals surface area contributed by atoms with E-state index in [0.29, 0.717) is 16.7 Å². The van der Waals surface area contributed by atoms with Crippen LogP contribution in [0.3, 0.4) is 0 Å². The second kappa shape index (κ2) is 4.30. The lowest BCUT2D eigenvalue weighted by molar-refractivity contribution is -0.577. The molecule has 1 heterocycles. The van der Waals surface area contributed by atoms with Crippen LogP contribution >= 0.6 is 0 Å². The number of fused-ring (bicyclic) bond motifs is 5. The molecule has 0 aromatic carbocycles. The van der Waals surface area contributed by atoms with E-state index in [9.17, 15) is 4.91 Å². The van der Waals surface area contributed by atoms with Crippen molar-refractivity contribution in [3.05, 3.63) is 4.91 Å². The Hall–Kier alpha value is -0.400. The van der Waals surface area contributed by atoms with E-state index in [4.69, 9.17) is 0 Å². The first kappa shape index (κ1) is 13.3. The summed E-state index contributed by atoms with van der Waals surface area (Å²) >= 11 is 0. The van der Waals surface area contributed by atoms with Crippen molar-refractivity contribution in [3.8, 4) is 0 Å².